The predicted molar refractivity (Wildman–Crippen MR) is 77.3 cm³/mol. The van der Waals surface area contributed by atoms with Crippen LogP contribution >= 0.6 is 0 Å². The quantitative estimate of drug-likeness (QED) is 0.664. The minimum atomic E-state index is 0.0629. The van der Waals surface area contributed by atoms with E-state index < -0.39 is 0 Å². The number of carbonyl (C=O) groups is 1. The molecule has 0 fully saturated rings. The minimum absolute atomic E-state index is 0.0629. The number of carbonyl (C=O) groups excluding carboxylic acids is 1. The molecule has 0 saturated carbocycles. The summed E-state index contributed by atoms with van der Waals surface area (Å²) in [5.41, 5.74) is 0.971. The lowest BCUT2D eigenvalue weighted by Crippen LogP contribution is -2.26. The highest BCUT2D eigenvalue weighted by Crippen LogP contribution is 2.17. The number of hydrogen-bond donors (Lipinski definition) is 3. The van der Waals surface area contributed by atoms with Crippen LogP contribution in [-0.2, 0) is 4.79 Å². The van der Waals surface area contributed by atoms with Crippen LogP contribution in [-0.4, -0.2) is 35.5 Å². The molecule has 0 radical (unpaired) electrons. The van der Waals surface area contributed by atoms with Crippen LogP contribution in [0.15, 0.2) is 6.33 Å². The fourth-order valence-corrected chi connectivity index (χ4v) is 1.62. The van der Waals surface area contributed by atoms with Gasteiger partial charge in [-0.3, -0.25) is 4.79 Å². The van der Waals surface area contributed by atoms with E-state index in [0.29, 0.717) is 13.0 Å². The van der Waals surface area contributed by atoms with Crippen molar-refractivity contribution in [2.75, 3.05) is 30.3 Å². The molecule has 0 aliphatic rings. The highest BCUT2D eigenvalue weighted by Gasteiger charge is 2.06. The van der Waals surface area contributed by atoms with E-state index in [4.69, 9.17) is 0 Å². The molecule has 0 aliphatic heterocycles. The summed E-state index contributed by atoms with van der Waals surface area (Å²) in [7, 11) is 0. The molecule has 1 aromatic heterocycles. The first-order chi connectivity index (χ1) is 9.19. The first kappa shape index (κ1) is 15.2. The molecule has 1 heterocycles. The van der Waals surface area contributed by atoms with Gasteiger partial charge in [0.1, 0.15) is 18.0 Å². The van der Waals surface area contributed by atoms with Crippen LogP contribution in [0.4, 0.5) is 11.6 Å². The zero-order chi connectivity index (χ0) is 14.1. The van der Waals surface area contributed by atoms with Crippen molar-refractivity contribution < 1.29 is 4.79 Å². The second-order valence-electron chi connectivity index (χ2n) is 4.25. The van der Waals surface area contributed by atoms with Gasteiger partial charge in [0.2, 0.25) is 5.91 Å². The van der Waals surface area contributed by atoms with Gasteiger partial charge in [-0.2, -0.15) is 0 Å². The van der Waals surface area contributed by atoms with Crippen molar-refractivity contribution in [3.8, 4) is 0 Å². The molecule has 19 heavy (non-hydrogen) atoms. The summed E-state index contributed by atoms with van der Waals surface area (Å²) in [5.74, 6) is 1.66. The van der Waals surface area contributed by atoms with Crippen molar-refractivity contribution in [2.24, 2.45) is 0 Å². The largest absolute Gasteiger partial charge is 0.370 e. The standard InChI is InChI=1S/C13H23N5O/c1-4-7-15-11(19)6-8-16-13-10(3)12(14-5-2)17-9-18-13/h9H,4-8H2,1-3H3,(H,15,19)(H2,14,16,17,18). The van der Waals surface area contributed by atoms with Crippen LogP contribution in [0.1, 0.15) is 32.3 Å². The van der Waals surface area contributed by atoms with E-state index in [1.165, 1.54) is 6.33 Å². The van der Waals surface area contributed by atoms with Gasteiger partial charge in [0, 0.05) is 31.6 Å². The summed E-state index contributed by atoms with van der Waals surface area (Å²) in [6, 6.07) is 0. The number of anilines is 2. The molecule has 6 heteroatoms. The van der Waals surface area contributed by atoms with Gasteiger partial charge in [-0.15, -0.1) is 0 Å². The topological polar surface area (TPSA) is 78.9 Å². The number of amides is 1. The van der Waals surface area contributed by atoms with Crippen molar-refractivity contribution in [3.05, 3.63) is 11.9 Å². The van der Waals surface area contributed by atoms with Crippen molar-refractivity contribution in [3.63, 3.8) is 0 Å². The molecular weight excluding hydrogens is 242 g/mol. The molecule has 0 atom stereocenters. The fourth-order valence-electron chi connectivity index (χ4n) is 1.62. The maximum Gasteiger partial charge on any atom is 0.221 e. The van der Waals surface area contributed by atoms with Crippen molar-refractivity contribution >= 4 is 17.5 Å². The molecule has 1 aromatic rings. The van der Waals surface area contributed by atoms with Crippen molar-refractivity contribution in [1.82, 2.24) is 15.3 Å². The van der Waals surface area contributed by atoms with Gasteiger partial charge in [-0.05, 0) is 20.3 Å². The normalized spacial score (nSPS) is 10.1. The van der Waals surface area contributed by atoms with E-state index >= 15 is 0 Å². The average Bonchev–Trinajstić information content (AvgIpc) is 2.41. The number of nitrogens with one attached hydrogen (secondary N) is 3. The molecule has 3 N–H and O–H groups in total. The van der Waals surface area contributed by atoms with Gasteiger partial charge in [0.15, 0.2) is 0 Å². The summed E-state index contributed by atoms with van der Waals surface area (Å²) in [4.78, 5) is 19.8. The molecule has 1 rings (SSSR count). The molecule has 106 valence electrons. The molecule has 1 amide bonds. The molecule has 0 bridgehead atoms. The number of nitrogens with zero attached hydrogens (tertiary/aromatic N) is 2. The SMILES string of the molecule is CCCNC(=O)CCNc1ncnc(NCC)c1C. The maximum absolute atomic E-state index is 11.5. The first-order valence-corrected chi connectivity index (χ1v) is 6.75. The maximum atomic E-state index is 11.5. The van der Waals surface area contributed by atoms with E-state index in [0.717, 1.165) is 36.7 Å². The molecular formula is C13H23N5O. The van der Waals surface area contributed by atoms with Gasteiger partial charge in [-0.1, -0.05) is 6.92 Å². The van der Waals surface area contributed by atoms with Gasteiger partial charge in [0.25, 0.3) is 0 Å². The lowest BCUT2D eigenvalue weighted by molar-refractivity contribution is -0.120. The lowest BCUT2D eigenvalue weighted by Gasteiger charge is -2.11. The summed E-state index contributed by atoms with van der Waals surface area (Å²) >= 11 is 0. The Morgan fingerprint density at radius 1 is 1.16 bits per heavy atom. The summed E-state index contributed by atoms with van der Waals surface area (Å²) in [6.45, 7) is 8.13. The Balaban J connectivity index is 2.45. The van der Waals surface area contributed by atoms with Gasteiger partial charge in [0.05, 0.1) is 0 Å². The zero-order valence-electron chi connectivity index (χ0n) is 11.9. The van der Waals surface area contributed by atoms with Crippen LogP contribution < -0.4 is 16.0 Å². The molecule has 0 saturated heterocycles. The molecule has 0 aromatic carbocycles. The molecule has 0 aliphatic carbocycles. The number of hydrogen-bond acceptors (Lipinski definition) is 5. The lowest BCUT2D eigenvalue weighted by atomic mass is 10.3. The highest BCUT2D eigenvalue weighted by molar-refractivity contribution is 5.76. The molecule has 0 spiro atoms. The predicted octanol–water partition coefficient (Wildman–Crippen LogP) is 1.55. The van der Waals surface area contributed by atoms with Crippen LogP contribution in [0.3, 0.4) is 0 Å². The Hall–Kier alpha value is -1.85. The summed E-state index contributed by atoms with van der Waals surface area (Å²) < 4.78 is 0. The Morgan fingerprint density at radius 2 is 1.84 bits per heavy atom. The van der Waals surface area contributed by atoms with E-state index in [9.17, 15) is 4.79 Å². The van der Waals surface area contributed by atoms with Crippen LogP contribution in [0.25, 0.3) is 0 Å². The number of aromatic nitrogens is 2. The van der Waals surface area contributed by atoms with E-state index in [1.54, 1.807) is 0 Å². The third kappa shape index (κ3) is 5.11. The molecule has 6 nitrogen and oxygen atoms in total. The van der Waals surface area contributed by atoms with Gasteiger partial charge < -0.3 is 16.0 Å². The van der Waals surface area contributed by atoms with Crippen LogP contribution in [0.5, 0.6) is 0 Å². The van der Waals surface area contributed by atoms with Crippen molar-refractivity contribution in [2.45, 2.75) is 33.6 Å². The van der Waals surface area contributed by atoms with Gasteiger partial charge in [-0.25, -0.2) is 9.97 Å². The van der Waals surface area contributed by atoms with E-state index in [1.807, 2.05) is 20.8 Å². The fraction of sp³-hybridized carbons (Fsp3) is 0.615. The third-order valence-corrected chi connectivity index (χ3v) is 2.64. The van der Waals surface area contributed by atoms with Crippen molar-refractivity contribution in [1.29, 1.82) is 0 Å². The zero-order valence-corrected chi connectivity index (χ0v) is 11.9. The van der Waals surface area contributed by atoms with Crippen LogP contribution in [0.2, 0.25) is 0 Å². The Labute approximate surface area is 114 Å². The summed E-state index contributed by atoms with van der Waals surface area (Å²) in [5, 5.41) is 9.18. The summed E-state index contributed by atoms with van der Waals surface area (Å²) in [6.07, 6.45) is 2.92. The number of rotatable bonds is 8. The molecule has 0 unspecified atom stereocenters. The Bertz CT molecular complexity index is 408. The second kappa shape index (κ2) is 8.29. The van der Waals surface area contributed by atoms with E-state index in [-0.39, 0.29) is 5.91 Å². The smallest absolute Gasteiger partial charge is 0.221 e. The Kier molecular flexibility index (Phi) is 6.63. The van der Waals surface area contributed by atoms with Gasteiger partial charge >= 0.3 is 0 Å². The second-order valence-corrected chi connectivity index (χ2v) is 4.25. The van der Waals surface area contributed by atoms with E-state index in [2.05, 4.69) is 25.9 Å². The Morgan fingerprint density at radius 3 is 2.47 bits per heavy atom. The average molecular weight is 265 g/mol. The third-order valence-electron chi connectivity index (χ3n) is 2.64. The minimum Gasteiger partial charge on any atom is -0.370 e. The van der Waals surface area contributed by atoms with Crippen LogP contribution in [0, 0.1) is 6.92 Å². The highest BCUT2D eigenvalue weighted by atomic mass is 16.1. The monoisotopic (exact) mass is 265 g/mol. The first-order valence-electron chi connectivity index (χ1n) is 6.75.